The number of carbonyl (C=O) groups excluding carboxylic acids is 1. The number of amides is 1. The average molecular weight is 523 g/mol. The molecular weight excluding hydrogens is 497 g/mol. The first-order chi connectivity index (χ1) is 18.0. The van der Waals surface area contributed by atoms with Gasteiger partial charge in [0.15, 0.2) is 11.6 Å². The molecule has 38 heavy (non-hydrogen) atoms. The van der Waals surface area contributed by atoms with E-state index in [1.807, 2.05) is 42.5 Å². The van der Waals surface area contributed by atoms with E-state index in [1.54, 1.807) is 16.8 Å². The topological polar surface area (TPSA) is 148 Å². The molecule has 0 fully saturated rings. The number of nitrogens with zero attached hydrogens (tertiary/aromatic N) is 3. The summed E-state index contributed by atoms with van der Waals surface area (Å²) in [5.41, 5.74) is 11.6. The van der Waals surface area contributed by atoms with Crippen LogP contribution in [-0.2, 0) is 4.79 Å². The standard InChI is InChI=1S/C26H25F3N8O/c1-14(2)17-12-15(10-11-19(17)31)33-24-16-6-3-4-7-20(16)37(36-24)22-9-5-8-21(34-22)35-25(38)18(13-30)23(32)26(27,28)29/h3-14,30H,31-32H2,1-2H3,(H,33,36)(H,34,35,38)/b23-18+,30-13?. The van der Waals surface area contributed by atoms with Crippen molar-refractivity contribution in [2.24, 2.45) is 5.73 Å². The molecule has 2 aromatic heterocycles. The fourth-order valence-corrected chi connectivity index (χ4v) is 3.84. The molecule has 9 nitrogen and oxygen atoms in total. The second-order valence-corrected chi connectivity index (χ2v) is 8.71. The maximum atomic E-state index is 13.0. The SMILES string of the molecule is CC(C)c1cc(Nc2nn(-c3cccc(NC(=O)/C(C=N)=C(/N)C(F)(F)F)n3)c3ccccc23)ccc1N. The van der Waals surface area contributed by atoms with E-state index in [4.69, 9.17) is 16.9 Å². The van der Waals surface area contributed by atoms with E-state index in [-0.39, 0.29) is 18.0 Å². The zero-order valence-corrected chi connectivity index (χ0v) is 20.5. The van der Waals surface area contributed by atoms with Crippen molar-refractivity contribution in [3.63, 3.8) is 0 Å². The van der Waals surface area contributed by atoms with Crippen LogP contribution in [0.1, 0.15) is 25.3 Å². The molecule has 2 aromatic carbocycles. The third-order valence-corrected chi connectivity index (χ3v) is 5.74. The van der Waals surface area contributed by atoms with Gasteiger partial charge in [0.05, 0.1) is 11.1 Å². The number of para-hydroxylation sites is 1. The van der Waals surface area contributed by atoms with E-state index >= 15 is 0 Å². The van der Waals surface area contributed by atoms with Crippen LogP contribution in [0, 0.1) is 5.41 Å². The smallest absolute Gasteiger partial charge is 0.398 e. The number of hydrogen-bond acceptors (Lipinski definition) is 7. The molecule has 1 amide bonds. The molecule has 2 heterocycles. The molecule has 0 unspecified atom stereocenters. The summed E-state index contributed by atoms with van der Waals surface area (Å²) in [6.07, 6.45) is -4.71. The van der Waals surface area contributed by atoms with Crippen LogP contribution in [0.4, 0.5) is 36.2 Å². The number of allylic oxidation sites excluding steroid dienone is 1. The molecule has 12 heteroatoms. The number of pyridine rings is 1. The summed E-state index contributed by atoms with van der Waals surface area (Å²) >= 11 is 0. The predicted octanol–water partition coefficient (Wildman–Crippen LogP) is 5.23. The Morgan fingerprint density at radius 2 is 1.84 bits per heavy atom. The van der Waals surface area contributed by atoms with Gasteiger partial charge in [-0.3, -0.25) is 4.79 Å². The van der Waals surface area contributed by atoms with E-state index in [0.29, 0.717) is 22.8 Å². The molecule has 7 N–H and O–H groups in total. The van der Waals surface area contributed by atoms with Gasteiger partial charge < -0.3 is 27.5 Å². The van der Waals surface area contributed by atoms with E-state index in [2.05, 4.69) is 34.6 Å². The highest BCUT2D eigenvalue weighted by atomic mass is 19.4. The molecule has 0 aliphatic rings. The molecule has 4 aromatic rings. The maximum Gasteiger partial charge on any atom is 0.431 e. The lowest BCUT2D eigenvalue weighted by Crippen LogP contribution is -2.28. The number of alkyl halides is 3. The van der Waals surface area contributed by atoms with Gasteiger partial charge in [-0.2, -0.15) is 13.2 Å². The van der Waals surface area contributed by atoms with Crippen LogP contribution in [0.3, 0.4) is 0 Å². The van der Waals surface area contributed by atoms with E-state index in [0.717, 1.165) is 16.6 Å². The van der Waals surface area contributed by atoms with Gasteiger partial charge in [-0.25, -0.2) is 9.67 Å². The van der Waals surface area contributed by atoms with Crippen molar-refractivity contribution in [2.45, 2.75) is 25.9 Å². The number of fused-ring (bicyclic) bond motifs is 1. The van der Waals surface area contributed by atoms with Crippen molar-refractivity contribution in [1.29, 1.82) is 5.41 Å². The van der Waals surface area contributed by atoms with Gasteiger partial charge in [0.1, 0.15) is 11.5 Å². The van der Waals surface area contributed by atoms with Gasteiger partial charge in [-0.15, -0.1) is 5.10 Å². The number of nitrogen functional groups attached to an aromatic ring is 1. The first-order valence-electron chi connectivity index (χ1n) is 11.5. The number of hydrogen-bond donors (Lipinski definition) is 5. The highest BCUT2D eigenvalue weighted by molar-refractivity contribution is 6.17. The van der Waals surface area contributed by atoms with Crippen molar-refractivity contribution in [2.75, 3.05) is 16.4 Å². The minimum absolute atomic E-state index is 0.0453. The van der Waals surface area contributed by atoms with Gasteiger partial charge in [-0.05, 0) is 53.9 Å². The molecule has 0 aliphatic heterocycles. The Kier molecular flexibility index (Phi) is 7.06. The fourth-order valence-electron chi connectivity index (χ4n) is 3.84. The number of aromatic nitrogens is 3. The van der Waals surface area contributed by atoms with Gasteiger partial charge in [0, 0.05) is 23.0 Å². The Balaban J connectivity index is 1.70. The monoisotopic (exact) mass is 522 g/mol. The number of halogens is 3. The summed E-state index contributed by atoms with van der Waals surface area (Å²) in [6.45, 7) is 4.10. The lowest BCUT2D eigenvalue weighted by Gasteiger charge is -2.12. The van der Waals surface area contributed by atoms with E-state index < -0.39 is 23.4 Å². The second-order valence-electron chi connectivity index (χ2n) is 8.71. The second kappa shape index (κ2) is 10.2. The number of nitrogens with two attached hydrogens (primary N) is 2. The van der Waals surface area contributed by atoms with Crippen molar-refractivity contribution in [3.05, 3.63) is 77.5 Å². The van der Waals surface area contributed by atoms with Crippen LogP contribution in [0.25, 0.3) is 16.7 Å². The van der Waals surface area contributed by atoms with Crippen LogP contribution in [0.5, 0.6) is 0 Å². The number of benzene rings is 2. The number of nitrogens with one attached hydrogen (secondary N) is 3. The van der Waals surface area contributed by atoms with Crippen molar-refractivity contribution < 1.29 is 18.0 Å². The Morgan fingerprint density at radius 3 is 2.53 bits per heavy atom. The minimum Gasteiger partial charge on any atom is -0.398 e. The molecule has 196 valence electrons. The van der Waals surface area contributed by atoms with Crippen LogP contribution >= 0.6 is 0 Å². The number of carbonyl (C=O) groups is 1. The average Bonchev–Trinajstić information content (AvgIpc) is 3.23. The molecule has 0 spiro atoms. The highest BCUT2D eigenvalue weighted by Gasteiger charge is 2.35. The minimum atomic E-state index is -4.96. The quantitative estimate of drug-likeness (QED) is 0.127. The van der Waals surface area contributed by atoms with Crippen LogP contribution < -0.4 is 22.1 Å². The summed E-state index contributed by atoms with van der Waals surface area (Å²) in [6, 6.07) is 17.7. The zero-order chi connectivity index (χ0) is 27.6. The van der Waals surface area contributed by atoms with Crippen LogP contribution in [0.15, 0.2) is 71.9 Å². The zero-order valence-electron chi connectivity index (χ0n) is 20.5. The van der Waals surface area contributed by atoms with Gasteiger partial charge >= 0.3 is 6.18 Å². The first-order valence-corrected chi connectivity index (χ1v) is 11.5. The first kappa shape index (κ1) is 26.2. The largest absolute Gasteiger partial charge is 0.431 e. The van der Waals surface area contributed by atoms with Crippen molar-refractivity contribution in [1.82, 2.24) is 14.8 Å². The third-order valence-electron chi connectivity index (χ3n) is 5.74. The van der Waals surface area contributed by atoms with E-state index in [1.165, 1.54) is 6.07 Å². The molecule has 0 bridgehead atoms. The van der Waals surface area contributed by atoms with E-state index in [9.17, 15) is 18.0 Å². The van der Waals surface area contributed by atoms with Gasteiger partial charge in [-0.1, -0.05) is 32.0 Å². The normalized spacial score (nSPS) is 12.4. The van der Waals surface area contributed by atoms with Crippen molar-refractivity contribution in [3.8, 4) is 5.82 Å². The Morgan fingerprint density at radius 1 is 1.11 bits per heavy atom. The maximum absolute atomic E-state index is 13.0. The third kappa shape index (κ3) is 5.28. The van der Waals surface area contributed by atoms with Crippen LogP contribution in [-0.4, -0.2) is 33.1 Å². The van der Waals surface area contributed by atoms with Crippen molar-refractivity contribution >= 4 is 46.0 Å². The molecule has 0 saturated heterocycles. The number of anilines is 4. The summed E-state index contributed by atoms with van der Waals surface area (Å²) in [5.74, 6) is -0.185. The fraction of sp³-hybridized carbons (Fsp3) is 0.154. The molecule has 4 rings (SSSR count). The lowest BCUT2D eigenvalue weighted by molar-refractivity contribution is -0.114. The lowest BCUT2D eigenvalue weighted by atomic mass is 10.0. The Hall–Kier alpha value is -4.87. The molecular formula is C26H25F3N8O. The number of rotatable bonds is 7. The predicted molar refractivity (Wildman–Crippen MR) is 142 cm³/mol. The summed E-state index contributed by atoms with van der Waals surface area (Å²) in [7, 11) is 0. The summed E-state index contributed by atoms with van der Waals surface area (Å²) < 4.78 is 40.4. The molecule has 0 atom stereocenters. The van der Waals surface area contributed by atoms with Crippen LogP contribution in [0.2, 0.25) is 0 Å². The molecule has 0 saturated carbocycles. The van der Waals surface area contributed by atoms with Gasteiger partial charge in [0.25, 0.3) is 5.91 Å². The Labute approximate surface area is 215 Å². The Bertz CT molecular complexity index is 1560. The summed E-state index contributed by atoms with van der Waals surface area (Å²) in [4.78, 5) is 16.8. The highest BCUT2D eigenvalue weighted by Crippen LogP contribution is 2.31. The molecule has 0 aliphatic carbocycles. The summed E-state index contributed by atoms with van der Waals surface area (Å²) in [5, 5.41) is 18.2. The molecule has 0 radical (unpaired) electrons. The van der Waals surface area contributed by atoms with Gasteiger partial charge in [0.2, 0.25) is 0 Å².